The van der Waals surface area contributed by atoms with Crippen LogP contribution < -0.4 is 15.5 Å². The van der Waals surface area contributed by atoms with Crippen LogP contribution in [-0.2, 0) is 0 Å². The fourth-order valence-corrected chi connectivity index (χ4v) is 3.42. The Morgan fingerprint density at radius 1 is 0.857 bits per heavy atom. The summed E-state index contributed by atoms with van der Waals surface area (Å²) >= 11 is 0. The molecule has 1 fully saturated rings. The van der Waals surface area contributed by atoms with Gasteiger partial charge in [0, 0.05) is 36.3 Å². The van der Waals surface area contributed by atoms with Crippen LogP contribution in [0.2, 0.25) is 0 Å². The van der Waals surface area contributed by atoms with E-state index in [4.69, 9.17) is 0 Å². The van der Waals surface area contributed by atoms with Gasteiger partial charge in [-0.15, -0.1) is 0 Å². The second-order valence-corrected chi connectivity index (χ2v) is 7.60. The van der Waals surface area contributed by atoms with Gasteiger partial charge in [-0.05, 0) is 68.1 Å². The number of aromatic nitrogens is 2. The summed E-state index contributed by atoms with van der Waals surface area (Å²) in [5, 5.41) is 6.61. The van der Waals surface area contributed by atoms with E-state index in [9.17, 15) is 0 Å². The molecule has 2 aromatic carbocycles. The molecule has 0 saturated carbocycles. The normalized spacial score (nSPS) is 14.7. The summed E-state index contributed by atoms with van der Waals surface area (Å²) < 4.78 is 0. The van der Waals surface area contributed by atoms with E-state index in [1.165, 1.54) is 24.1 Å². The van der Waals surface area contributed by atoms with E-state index in [1.54, 1.807) is 6.20 Å². The molecule has 2 N–H and O–H groups in total. The summed E-state index contributed by atoms with van der Waals surface area (Å²) in [4.78, 5) is 11.3. The van der Waals surface area contributed by atoms with Gasteiger partial charge in [-0.2, -0.15) is 4.98 Å². The highest BCUT2D eigenvalue weighted by atomic mass is 15.1. The van der Waals surface area contributed by atoms with E-state index >= 15 is 0 Å². The number of aryl methyl sites for hydroxylation is 1. The topological polar surface area (TPSA) is 53.1 Å². The van der Waals surface area contributed by atoms with Crippen molar-refractivity contribution in [1.29, 1.82) is 0 Å². The lowest BCUT2D eigenvalue weighted by atomic mass is 9.99. The number of hydrogen-bond donors (Lipinski definition) is 2. The van der Waals surface area contributed by atoms with Gasteiger partial charge < -0.3 is 15.5 Å². The summed E-state index contributed by atoms with van der Waals surface area (Å²) in [5.74, 6) is 2.19. The fourth-order valence-electron chi connectivity index (χ4n) is 3.42. The van der Waals surface area contributed by atoms with Crippen LogP contribution in [0.15, 0.2) is 60.8 Å². The molecule has 0 spiro atoms. The molecule has 0 aliphatic carbocycles. The molecule has 0 bridgehead atoms. The maximum Gasteiger partial charge on any atom is 0.229 e. The minimum absolute atomic E-state index is 0.577. The molecule has 1 aliphatic rings. The molecule has 0 amide bonds. The van der Waals surface area contributed by atoms with Crippen molar-refractivity contribution < 1.29 is 0 Å². The SMILES string of the molecule is Cc1ccc(Nc2nccc(Nc3ccc(N4CCC(C)CC4)cc3)n2)cc1. The molecule has 5 nitrogen and oxygen atoms in total. The van der Waals surface area contributed by atoms with Gasteiger partial charge in [0.15, 0.2) is 0 Å². The minimum atomic E-state index is 0.577. The number of piperidine rings is 1. The van der Waals surface area contributed by atoms with Crippen molar-refractivity contribution >= 4 is 28.8 Å². The molecule has 28 heavy (non-hydrogen) atoms. The third kappa shape index (κ3) is 4.60. The van der Waals surface area contributed by atoms with Crippen molar-refractivity contribution in [2.75, 3.05) is 28.6 Å². The van der Waals surface area contributed by atoms with Gasteiger partial charge in [0.05, 0.1) is 0 Å². The first-order chi connectivity index (χ1) is 13.7. The van der Waals surface area contributed by atoms with Crippen LogP contribution in [0.25, 0.3) is 0 Å². The molecule has 0 atom stereocenters. The quantitative estimate of drug-likeness (QED) is 0.618. The van der Waals surface area contributed by atoms with Gasteiger partial charge in [-0.1, -0.05) is 24.6 Å². The predicted molar refractivity (Wildman–Crippen MR) is 117 cm³/mol. The molecule has 1 saturated heterocycles. The molecule has 0 radical (unpaired) electrons. The zero-order valence-corrected chi connectivity index (χ0v) is 16.5. The summed E-state index contributed by atoms with van der Waals surface area (Å²) in [6.07, 6.45) is 4.31. The zero-order chi connectivity index (χ0) is 19.3. The molecular weight excluding hydrogens is 346 g/mol. The monoisotopic (exact) mass is 373 g/mol. The molecule has 5 heteroatoms. The predicted octanol–water partition coefficient (Wildman–Crippen LogP) is 5.51. The number of rotatable bonds is 5. The number of nitrogens with zero attached hydrogens (tertiary/aromatic N) is 3. The van der Waals surface area contributed by atoms with E-state index in [0.717, 1.165) is 36.2 Å². The molecule has 2 heterocycles. The van der Waals surface area contributed by atoms with Gasteiger partial charge in [0.2, 0.25) is 5.95 Å². The second-order valence-electron chi connectivity index (χ2n) is 7.60. The lowest BCUT2D eigenvalue weighted by Gasteiger charge is -2.32. The van der Waals surface area contributed by atoms with Gasteiger partial charge in [-0.3, -0.25) is 0 Å². The van der Waals surface area contributed by atoms with E-state index in [-0.39, 0.29) is 0 Å². The van der Waals surface area contributed by atoms with Crippen LogP contribution in [0, 0.1) is 12.8 Å². The summed E-state index contributed by atoms with van der Waals surface area (Å²) in [6, 6.07) is 18.7. The highest BCUT2D eigenvalue weighted by Gasteiger charge is 2.15. The Morgan fingerprint density at radius 3 is 2.21 bits per heavy atom. The standard InChI is InChI=1S/C23H27N5/c1-17-3-5-20(6-4-17)26-23-24-14-11-22(27-23)25-19-7-9-21(10-8-19)28-15-12-18(2)13-16-28/h3-11,14,18H,12-13,15-16H2,1-2H3,(H2,24,25,26,27). The van der Waals surface area contributed by atoms with E-state index in [1.807, 2.05) is 18.2 Å². The lowest BCUT2D eigenvalue weighted by Crippen LogP contribution is -2.32. The fraction of sp³-hybridized carbons (Fsp3) is 0.304. The maximum absolute atomic E-state index is 4.56. The Hall–Kier alpha value is -3.08. The largest absolute Gasteiger partial charge is 0.372 e. The van der Waals surface area contributed by atoms with Crippen LogP contribution in [0.1, 0.15) is 25.3 Å². The van der Waals surface area contributed by atoms with Crippen molar-refractivity contribution in [2.45, 2.75) is 26.7 Å². The van der Waals surface area contributed by atoms with Crippen molar-refractivity contribution in [3.63, 3.8) is 0 Å². The summed E-state index contributed by atoms with van der Waals surface area (Å²) in [5.41, 5.74) is 4.52. The Kier molecular flexibility index (Phi) is 5.42. The number of benzene rings is 2. The average Bonchev–Trinajstić information content (AvgIpc) is 2.71. The van der Waals surface area contributed by atoms with Crippen LogP contribution >= 0.6 is 0 Å². The van der Waals surface area contributed by atoms with Gasteiger partial charge in [0.25, 0.3) is 0 Å². The zero-order valence-electron chi connectivity index (χ0n) is 16.5. The summed E-state index contributed by atoms with van der Waals surface area (Å²) in [6.45, 7) is 6.71. The number of nitrogens with one attached hydrogen (secondary N) is 2. The maximum atomic E-state index is 4.56. The van der Waals surface area contributed by atoms with Crippen LogP contribution in [0.3, 0.4) is 0 Å². The Balaban J connectivity index is 1.40. The molecule has 3 aromatic rings. The highest BCUT2D eigenvalue weighted by molar-refractivity contribution is 5.62. The van der Waals surface area contributed by atoms with Gasteiger partial charge in [-0.25, -0.2) is 4.98 Å². The Bertz CT molecular complexity index is 897. The third-order valence-corrected chi connectivity index (χ3v) is 5.25. The number of hydrogen-bond acceptors (Lipinski definition) is 5. The lowest BCUT2D eigenvalue weighted by molar-refractivity contribution is 0.438. The average molecular weight is 374 g/mol. The van der Waals surface area contributed by atoms with Crippen LogP contribution in [-0.4, -0.2) is 23.1 Å². The van der Waals surface area contributed by atoms with E-state index in [2.05, 4.69) is 75.7 Å². The minimum Gasteiger partial charge on any atom is -0.372 e. The van der Waals surface area contributed by atoms with Crippen LogP contribution in [0.4, 0.5) is 28.8 Å². The molecule has 4 rings (SSSR count). The molecular formula is C23H27N5. The highest BCUT2D eigenvalue weighted by Crippen LogP contribution is 2.25. The van der Waals surface area contributed by atoms with Crippen molar-refractivity contribution in [3.05, 3.63) is 66.4 Å². The molecule has 1 aliphatic heterocycles. The first-order valence-electron chi connectivity index (χ1n) is 9.94. The number of anilines is 5. The smallest absolute Gasteiger partial charge is 0.229 e. The molecule has 144 valence electrons. The van der Waals surface area contributed by atoms with Crippen molar-refractivity contribution in [2.24, 2.45) is 5.92 Å². The third-order valence-electron chi connectivity index (χ3n) is 5.25. The van der Waals surface area contributed by atoms with E-state index in [0.29, 0.717) is 5.95 Å². The second kappa shape index (κ2) is 8.30. The first-order valence-corrected chi connectivity index (χ1v) is 9.94. The van der Waals surface area contributed by atoms with Crippen LogP contribution in [0.5, 0.6) is 0 Å². The molecule has 0 unspecified atom stereocenters. The first kappa shape index (κ1) is 18.3. The Morgan fingerprint density at radius 2 is 1.50 bits per heavy atom. The Labute approximate surface area is 166 Å². The van der Waals surface area contributed by atoms with E-state index < -0.39 is 0 Å². The van der Waals surface area contributed by atoms with Crippen molar-refractivity contribution in [3.8, 4) is 0 Å². The van der Waals surface area contributed by atoms with Gasteiger partial charge in [0.1, 0.15) is 5.82 Å². The summed E-state index contributed by atoms with van der Waals surface area (Å²) in [7, 11) is 0. The molecule has 1 aromatic heterocycles. The van der Waals surface area contributed by atoms with Gasteiger partial charge >= 0.3 is 0 Å². The van der Waals surface area contributed by atoms with Crippen molar-refractivity contribution in [1.82, 2.24) is 9.97 Å².